The molecule has 2 aromatic carbocycles. The highest BCUT2D eigenvalue weighted by molar-refractivity contribution is 7.91. The van der Waals surface area contributed by atoms with Gasteiger partial charge in [-0.2, -0.15) is 0 Å². The van der Waals surface area contributed by atoms with Crippen molar-refractivity contribution in [3.63, 3.8) is 0 Å². The van der Waals surface area contributed by atoms with Crippen molar-refractivity contribution in [1.29, 1.82) is 0 Å². The lowest BCUT2D eigenvalue weighted by atomic mass is 10.1. The van der Waals surface area contributed by atoms with Gasteiger partial charge in [0.2, 0.25) is 10.0 Å². The minimum absolute atomic E-state index is 0.000152. The summed E-state index contributed by atoms with van der Waals surface area (Å²) in [6.07, 6.45) is -0.869. The predicted molar refractivity (Wildman–Crippen MR) is 113 cm³/mol. The van der Waals surface area contributed by atoms with E-state index in [0.717, 1.165) is 0 Å². The summed E-state index contributed by atoms with van der Waals surface area (Å²) in [7, 11) is -2.44. The first-order chi connectivity index (χ1) is 14.1. The van der Waals surface area contributed by atoms with E-state index in [2.05, 4.69) is 4.72 Å². The molecule has 0 aliphatic carbocycles. The average molecular weight is 435 g/mol. The van der Waals surface area contributed by atoms with Crippen molar-refractivity contribution in [2.75, 3.05) is 4.72 Å². The lowest BCUT2D eigenvalue weighted by molar-refractivity contribution is 0.334. The van der Waals surface area contributed by atoms with Gasteiger partial charge in [-0.25, -0.2) is 21.9 Å². The largest absolute Gasteiger partial charge is 0.296 e. The van der Waals surface area contributed by atoms with Gasteiger partial charge in [0.1, 0.15) is 17.7 Å². The van der Waals surface area contributed by atoms with Crippen molar-refractivity contribution < 1.29 is 17.2 Å². The van der Waals surface area contributed by atoms with Crippen molar-refractivity contribution in [1.82, 2.24) is 9.36 Å². The number of anilines is 1. The quantitative estimate of drug-likeness (QED) is 0.610. The molecule has 1 atom stereocenters. The number of rotatable bonds is 7. The molecule has 30 heavy (non-hydrogen) atoms. The van der Waals surface area contributed by atoms with Crippen LogP contribution in [0.4, 0.5) is 14.5 Å². The van der Waals surface area contributed by atoms with Gasteiger partial charge in [0.05, 0.1) is 17.1 Å². The van der Waals surface area contributed by atoms with E-state index in [9.17, 15) is 22.0 Å². The first-order valence-corrected chi connectivity index (χ1v) is 11.1. The number of alkyl halides is 1. The topological polar surface area (TPSA) is 73.1 Å². The molecular weight excluding hydrogens is 412 g/mol. The first kappa shape index (κ1) is 21.8. The molecule has 0 fully saturated rings. The Morgan fingerprint density at radius 2 is 1.83 bits per heavy atom. The number of benzene rings is 2. The molecule has 9 heteroatoms. The van der Waals surface area contributed by atoms with Gasteiger partial charge in [0.15, 0.2) is 0 Å². The maximum absolute atomic E-state index is 14.1. The second-order valence-corrected chi connectivity index (χ2v) is 8.75. The zero-order chi connectivity index (χ0) is 22.1. The number of sulfonamides is 1. The fourth-order valence-electron chi connectivity index (χ4n) is 3.22. The summed E-state index contributed by atoms with van der Waals surface area (Å²) in [6.45, 7) is 3.31. The lowest BCUT2D eigenvalue weighted by Crippen LogP contribution is -2.24. The Bertz CT molecular complexity index is 1230. The zero-order valence-corrected chi connectivity index (χ0v) is 17.7. The number of hydrogen-bond donors (Lipinski definition) is 1. The van der Waals surface area contributed by atoms with Crippen molar-refractivity contribution >= 4 is 15.7 Å². The van der Waals surface area contributed by atoms with Crippen molar-refractivity contribution in [2.24, 2.45) is 7.05 Å². The van der Waals surface area contributed by atoms with Crippen LogP contribution in [0.2, 0.25) is 0 Å². The molecule has 6 nitrogen and oxygen atoms in total. The van der Waals surface area contributed by atoms with Gasteiger partial charge in [-0.3, -0.25) is 14.2 Å². The Labute approximate surface area is 173 Å². The summed E-state index contributed by atoms with van der Waals surface area (Å²) in [6, 6.07) is 12.0. The van der Waals surface area contributed by atoms with E-state index in [1.165, 1.54) is 33.6 Å². The van der Waals surface area contributed by atoms with Crippen LogP contribution in [0.25, 0.3) is 5.69 Å². The maximum atomic E-state index is 14.1. The number of halogens is 2. The third kappa shape index (κ3) is 4.30. The molecule has 0 aliphatic rings. The monoisotopic (exact) mass is 435 g/mol. The van der Waals surface area contributed by atoms with Crippen molar-refractivity contribution in [3.05, 3.63) is 81.5 Å². The molecule has 0 radical (unpaired) electrons. The standard InChI is InChI=1S/C21H23F2N3O3S/c1-4-18(22)15-9-7-10-17(12-15)26-21(27)20(14(2)25(26)3)24-30(28,29)13-16-8-5-6-11-19(16)23/h5-12,18,24H,4,13H2,1-3H3. The second-order valence-electron chi connectivity index (χ2n) is 7.02. The number of nitrogens with zero attached hydrogens (tertiary/aromatic N) is 2. The molecule has 0 aliphatic heterocycles. The van der Waals surface area contributed by atoms with Crippen LogP contribution in [0.15, 0.2) is 53.3 Å². The highest BCUT2D eigenvalue weighted by atomic mass is 32.2. The van der Waals surface area contributed by atoms with Crippen LogP contribution in [0.3, 0.4) is 0 Å². The summed E-state index contributed by atoms with van der Waals surface area (Å²) >= 11 is 0. The number of nitrogens with one attached hydrogen (secondary N) is 1. The van der Waals surface area contributed by atoms with Gasteiger partial charge >= 0.3 is 0 Å². The molecular formula is C21H23F2N3O3S. The van der Waals surface area contributed by atoms with E-state index in [1.54, 1.807) is 45.2 Å². The minimum atomic E-state index is -4.04. The Morgan fingerprint density at radius 3 is 2.50 bits per heavy atom. The van der Waals surface area contributed by atoms with Crippen LogP contribution in [0, 0.1) is 12.7 Å². The maximum Gasteiger partial charge on any atom is 0.296 e. The summed E-state index contributed by atoms with van der Waals surface area (Å²) in [5, 5.41) is 0. The Balaban J connectivity index is 1.99. The lowest BCUT2D eigenvalue weighted by Gasteiger charge is -2.11. The molecule has 1 unspecified atom stereocenters. The highest BCUT2D eigenvalue weighted by Gasteiger charge is 2.22. The van der Waals surface area contributed by atoms with E-state index in [4.69, 9.17) is 0 Å². The van der Waals surface area contributed by atoms with Crippen LogP contribution < -0.4 is 10.3 Å². The molecule has 160 valence electrons. The van der Waals surface area contributed by atoms with E-state index >= 15 is 0 Å². The highest BCUT2D eigenvalue weighted by Crippen LogP contribution is 2.24. The van der Waals surface area contributed by atoms with Gasteiger partial charge in [-0.05, 0) is 37.1 Å². The van der Waals surface area contributed by atoms with E-state index in [-0.39, 0.29) is 11.3 Å². The predicted octanol–water partition coefficient (Wildman–Crippen LogP) is 3.99. The minimum Gasteiger partial charge on any atom is -0.283 e. The molecule has 1 N–H and O–H groups in total. The molecule has 1 heterocycles. The van der Waals surface area contributed by atoms with E-state index in [0.29, 0.717) is 23.4 Å². The van der Waals surface area contributed by atoms with Gasteiger partial charge in [-0.15, -0.1) is 0 Å². The molecule has 0 spiro atoms. The third-order valence-corrected chi connectivity index (χ3v) is 6.16. The summed E-state index contributed by atoms with van der Waals surface area (Å²) in [4.78, 5) is 13.0. The van der Waals surface area contributed by atoms with Crippen LogP contribution >= 0.6 is 0 Å². The third-order valence-electron chi connectivity index (χ3n) is 4.95. The van der Waals surface area contributed by atoms with Gasteiger partial charge in [0, 0.05) is 12.6 Å². The van der Waals surface area contributed by atoms with Gasteiger partial charge in [-0.1, -0.05) is 37.3 Å². The van der Waals surface area contributed by atoms with Crippen molar-refractivity contribution in [3.8, 4) is 5.69 Å². The zero-order valence-electron chi connectivity index (χ0n) is 16.9. The molecule has 0 saturated heterocycles. The summed E-state index contributed by atoms with van der Waals surface area (Å²) in [5.74, 6) is -1.25. The van der Waals surface area contributed by atoms with Crippen LogP contribution in [0.5, 0.6) is 0 Å². The molecule has 0 saturated carbocycles. The van der Waals surface area contributed by atoms with Crippen LogP contribution in [0.1, 0.15) is 36.3 Å². The molecule has 1 aromatic heterocycles. The average Bonchev–Trinajstić information content (AvgIpc) is 2.92. The van der Waals surface area contributed by atoms with E-state index < -0.39 is 33.3 Å². The normalized spacial score (nSPS) is 12.7. The Kier molecular flexibility index (Phi) is 6.12. The van der Waals surface area contributed by atoms with Gasteiger partial charge in [0.25, 0.3) is 5.56 Å². The summed E-state index contributed by atoms with van der Waals surface area (Å²) < 4.78 is 58.1. The number of aromatic nitrogens is 2. The number of hydrogen-bond acceptors (Lipinski definition) is 3. The molecule has 3 aromatic rings. The van der Waals surface area contributed by atoms with E-state index in [1.807, 2.05) is 0 Å². The second kappa shape index (κ2) is 8.43. The smallest absolute Gasteiger partial charge is 0.283 e. The van der Waals surface area contributed by atoms with Crippen LogP contribution in [-0.4, -0.2) is 17.8 Å². The fraction of sp³-hybridized carbons (Fsp3) is 0.286. The molecule has 3 rings (SSSR count). The molecule has 0 amide bonds. The van der Waals surface area contributed by atoms with Gasteiger partial charge < -0.3 is 0 Å². The SMILES string of the molecule is CCC(F)c1cccc(-n2c(=O)c(NS(=O)(=O)Cc3ccccc3F)c(C)n2C)c1. The fourth-order valence-corrected chi connectivity index (χ4v) is 4.48. The molecule has 0 bridgehead atoms. The van der Waals surface area contributed by atoms with Crippen molar-refractivity contribution in [2.45, 2.75) is 32.2 Å². The Hall–Kier alpha value is -2.94. The first-order valence-electron chi connectivity index (χ1n) is 9.41. The summed E-state index contributed by atoms with van der Waals surface area (Å²) in [5.41, 5.74) is 0.485. The van der Waals surface area contributed by atoms with Crippen LogP contribution in [-0.2, 0) is 22.8 Å². The Morgan fingerprint density at radius 1 is 1.13 bits per heavy atom.